The van der Waals surface area contributed by atoms with Crippen LogP contribution in [0.2, 0.25) is 0 Å². The zero-order valence-corrected chi connectivity index (χ0v) is 12.9. The van der Waals surface area contributed by atoms with Gasteiger partial charge in [-0.3, -0.25) is 4.90 Å². The number of benzene rings is 1. The Morgan fingerprint density at radius 3 is 2.61 bits per heavy atom. The molecule has 0 atom stereocenters. The average Bonchev–Trinajstić information content (AvgIpc) is 2.95. The van der Waals surface area contributed by atoms with E-state index in [9.17, 15) is 5.11 Å². The number of imidazole rings is 1. The molecule has 0 amide bonds. The monoisotopic (exact) mass is 309 g/mol. The summed E-state index contributed by atoms with van der Waals surface area (Å²) in [6.45, 7) is 4.28. The second-order valence-electron chi connectivity index (χ2n) is 5.77. The van der Waals surface area contributed by atoms with E-state index in [2.05, 4.69) is 15.5 Å². The van der Waals surface area contributed by atoms with E-state index in [4.69, 9.17) is 9.72 Å². The van der Waals surface area contributed by atoms with Crippen LogP contribution < -0.4 is 0 Å². The Bertz CT molecular complexity index is 805. The zero-order chi connectivity index (χ0) is 15.6. The Morgan fingerprint density at radius 1 is 1.04 bits per heavy atom. The molecule has 3 heterocycles. The molecule has 0 radical (unpaired) electrons. The number of morpholine rings is 1. The molecule has 0 saturated carbocycles. The Kier molecular flexibility index (Phi) is 3.73. The van der Waals surface area contributed by atoms with Crippen LogP contribution in [0.4, 0.5) is 0 Å². The molecule has 0 bridgehead atoms. The zero-order valence-electron chi connectivity index (χ0n) is 12.9. The maximum Gasteiger partial charge on any atom is 0.137 e. The van der Waals surface area contributed by atoms with Crippen molar-refractivity contribution in [1.82, 2.24) is 14.3 Å². The van der Waals surface area contributed by atoms with Crippen molar-refractivity contribution in [2.45, 2.75) is 6.54 Å². The van der Waals surface area contributed by atoms with Crippen LogP contribution in [0.15, 0.2) is 48.7 Å². The molecule has 4 rings (SSSR count). The van der Waals surface area contributed by atoms with Crippen LogP contribution in [-0.2, 0) is 11.3 Å². The summed E-state index contributed by atoms with van der Waals surface area (Å²) < 4.78 is 7.59. The molecule has 5 heteroatoms. The fourth-order valence-electron chi connectivity index (χ4n) is 3.02. The Balaban J connectivity index is 1.79. The number of hydrogen-bond donors (Lipinski definition) is 1. The molecule has 5 nitrogen and oxygen atoms in total. The molecule has 1 aliphatic rings. The van der Waals surface area contributed by atoms with Crippen LogP contribution in [0, 0.1) is 0 Å². The topological polar surface area (TPSA) is 50.0 Å². The number of rotatable bonds is 3. The average molecular weight is 309 g/mol. The molecule has 1 fully saturated rings. The number of pyridine rings is 1. The minimum Gasteiger partial charge on any atom is -0.508 e. The number of fused-ring (bicyclic) bond motifs is 1. The molecular formula is C18H19N3O2. The number of aromatic hydroxyl groups is 1. The van der Waals surface area contributed by atoms with Crippen molar-refractivity contribution in [3.8, 4) is 17.0 Å². The van der Waals surface area contributed by atoms with E-state index in [0.29, 0.717) is 0 Å². The Morgan fingerprint density at radius 2 is 1.83 bits per heavy atom. The van der Waals surface area contributed by atoms with Crippen molar-refractivity contribution in [2.75, 3.05) is 26.3 Å². The smallest absolute Gasteiger partial charge is 0.137 e. The van der Waals surface area contributed by atoms with Crippen LogP contribution in [0.5, 0.6) is 5.75 Å². The first-order valence-corrected chi connectivity index (χ1v) is 7.87. The normalized spacial score (nSPS) is 16.0. The number of aromatic nitrogens is 2. The van der Waals surface area contributed by atoms with Gasteiger partial charge in [-0.2, -0.15) is 0 Å². The summed E-state index contributed by atoms with van der Waals surface area (Å²) in [5.41, 5.74) is 4.12. The molecule has 3 aromatic rings. The maximum atomic E-state index is 9.53. The summed E-state index contributed by atoms with van der Waals surface area (Å²) in [6.07, 6.45) is 2.06. The highest BCUT2D eigenvalue weighted by Gasteiger charge is 2.18. The van der Waals surface area contributed by atoms with E-state index in [1.807, 2.05) is 30.3 Å². The van der Waals surface area contributed by atoms with Crippen LogP contribution in [0.3, 0.4) is 0 Å². The second kappa shape index (κ2) is 6.02. The molecular weight excluding hydrogens is 290 g/mol. The highest BCUT2D eigenvalue weighted by atomic mass is 16.5. The number of phenols is 1. The minimum atomic E-state index is 0.271. The van der Waals surface area contributed by atoms with Crippen molar-refractivity contribution in [1.29, 1.82) is 0 Å². The highest BCUT2D eigenvalue weighted by Crippen LogP contribution is 2.27. The first-order valence-electron chi connectivity index (χ1n) is 7.87. The fourth-order valence-corrected chi connectivity index (χ4v) is 3.02. The quantitative estimate of drug-likeness (QED) is 0.808. The van der Waals surface area contributed by atoms with E-state index in [0.717, 1.165) is 49.8 Å². The molecule has 1 aromatic carbocycles. The van der Waals surface area contributed by atoms with Gasteiger partial charge in [-0.15, -0.1) is 0 Å². The van der Waals surface area contributed by atoms with Gasteiger partial charge in [0.1, 0.15) is 11.4 Å². The summed E-state index contributed by atoms with van der Waals surface area (Å²) in [6, 6.07) is 13.3. The minimum absolute atomic E-state index is 0.271. The van der Waals surface area contributed by atoms with Crippen LogP contribution in [-0.4, -0.2) is 45.7 Å². The molecule has 1 saturated heterocycles. The van der Waals surface area contributed by atoms with Gasteiger partial charge in [-0.1, -0.05) is 6.07 Å². The summed E-state index contributed by atoms with van der Waals surface area (Å²) in [5.74, 6) is 0.271. The first kappa shape index (κ1) is 14.2. The van der Waals surface area contributed by atoms with Gasteiger partial charge in [0, 0.05) is 31.4 Å². The first-order chi connectivity index (χ1) is 11.3. The lowest BCUT2D eigenvalue weighted by Gasteiger charge is -2.26. The van der Waals surface area contributed by atoms with Gasteiger partial charge in [-0.25, -0.2) is 4.98 Å². The molecule has 118 valence electrons. The SMILES string of the molecule is Oc1ccc(-c2nc3ccccn3c2CN2CCOCC2)cc1. The second-order valence-corrected chi connectivity index (χ2v) is 5.77. The number of nitrogens with zero attached hydrogens (tertiary/aromatic N) is 3. The molecule has 0 aliphatic carbocycles. The summed E-state index contributed by atoms with van der Waals surface area (Å²) in [4.78, 5) is 7.19. The van der Waals surface area contributed by atoms with E-state index >= 15 is 0 Å². The molecule has 23 heavy (non-hydrogen) atoms. The summed E-state index contributed by atoms with van der Waals surface area (Å²) in [5, 5.41) is 9.53. The van der Waals surface area contributed by atoms with Crippen molar-refractivity contribution >= 4 is 5.65 Å². The standard InChI is InChI=1S/C18H19N3O2/c22-15-6-4-14(5-7-15)18-16(13-20-9-11-23-12-10-20)21-8-2-1-3-17(21)19-18/h1-8,22H,9-13H2. The van der Waals surface area contributed by atoms with Gasteiger partial charge >= 0.3 is 0 Å². The van der Waals surface area contributed by atoms with Gasteiger partial charge in [-0.05, 0) is 36.4 Å². The van der Waals surface area contributed by atoms with Gasteiger partial charge < -0.3 is 14.2 Å². The maximum absolute atomic E-state index is 9.53. The largest absolute Gasteiger partial charge is 0.508 e. The van der Waals surface area contributed by atoms with Crippen molar-refractivity contribution < 1.29 is 9.84 Å². The third kappa shape index (κ3) is 2.81. The van der Waals surface area contributed by atoms with Gasteiger partial charge in [0.2, 0.25) is 0 Å². The summed E-state index contributed by atoms with van der Waals surface area (Å²) >= 11 is 0. The predicted octanol–water partition coefficient (Wildman–Crippen LogP) is 2.54. The van der Waals surface area contributed by atoms with Crippen LogP contribution >= 0.6 is 0 Å². The van der Waals surface area contributed by atoms with E-state index in [-0.39, 0.29) is 5.75 Å². The number of ether oxygens (including phenoxy) is 1. The molecule has 2 aromatic heterocycles. The van der Waals surface area contributed by atoms with Crippen molar-refractivity contribution in [2.24, 2.45) is 0 Å². The predicted molar refractivity (Wildman–Crippen MR) is 88.4 cm³/mol. The van der Waals surface area contributed by atoms with Gasteiger partial charge in [0.15, 0.2) is 0 Å². The highest BCUT2D eigenvalue weighted by molar-refractivity contribution is 5.67. The molecule has 0 spiro atoms. The van der Waals surface area contributed by atoms with E-state index in [1.54, 1.807) is 12.1 Å². The Labute approximate surface area is 134 Å². The van der Waals surface area contributed by atoms with Gasteiger partial charge in [0.25, 0.3) is 0 Å². The summed E-state index contributed by atoms with van der Waals surface area (Å²) in [7, 11) is 0. The lowest BCUT2D eigenvalue weighted by Crippen LogP contribution is -2.36. The number of phenolic OH excluding ortho intramolecular Hbond substituents is 1. The van der Waals surface area contributed by atoms with E-state index < -0.39 is 0 Å². The molecule has 1 aliphatic heterocycles. The van der Waals surface area contributed by atoms with Crippen LogP contribution in [0.25, 0.3) is 16.9 Å². The van der Waals surface area contributed by atoms with Crippen molar-refractivity contribution in [3.63, 3.8) is 0 Å². The molecule has 1 N–H and O–H groups in total. The third-order valence-corrected chi connectivity index (χ3v) is 4.25. The lowest BCUT2D eigenvalue weighted by molar-refractivity contribution is 0.0336. The Hall–Kier alpha value is -2.37. The number of hydrogen-bond acceptors (Lipinski definition) is 4. The van der Waals surface area contributed by atoms with Crippen LogP contribution in [0.1, 0.15) is 5.69 Å². The fraction of sp³-hybridized carbons (Fsp3) is 0.278. The third-order valence-electron chi connectivity index (χ3n) is 4.25. The van der Waals surface area contributed by atoms with Gasteiger partial charge in [0.05, 0.1) is 24.6 Å². The molecule has 0 unspecified atom stereocenters. The lowest BCUT2D eigenvalue weighted by atomic mass is 10.1. The van der Waals surface area contributed by atoms with Crippen molar-refractivity contribution in [3.05, 3.63) is 54.4 Å². The van der Waals surface area contributed by atoms with E-state index in [1.165, 1.54) is 5.69 Å².